The van der Waals surface area contributed by atoms with E-state index < -0.39 is 0 Å². The fourth-order valence-corrected chi connectivity index (χ4v) is 2.29. The molecule has 0 radical (unpaired) electrons. The van der Waals surface area contributed by atoms with Gasteiger partial charge in [-0.3, -0.25) is 0 Å². The summed E-state index contributed by atoms with van der Waals surface area (Å²) in [6, 6.07) is 21.3. The van der Waals surface area contributed by atoms with Crippen molar-refractivity contribution in [3.8, 4) is 0 Å². The highest BCUT2D eigenvalue weighted by molar-refractivity contribution is 5.37. The lowest BCUT2D eigenvalue weighted by molar-refractivity contribution is 0.438. The van der Waals surface area contributed by atoms with E-state index in [0.717, 1.165) is 13.0 Å². The number of benzene rings is 2. The molecule has 1 heteroatoms. The molecule has 0 atom stereocenters. The largest absolute Gasteiger partial charge is 0.304 e. The van der Waals surface area contributed by atoms with E-state index in [-0.39, 0.29) is 5.54 Å². The van der Waals surface area contributed by atoms with Crippen LogP contribution < -0.4 is 5.32 Å². The first-order valence-electron chi connectivity index (χ1n) is 6.63. The normalized spacial score (nSPS) is 11.4. The maximum atomic E-state index is 3.68. The molecule has 0 bridgehead atoms. The molecule has 0 aliphatic carbocycles. The van der Waals surface area contributed by atoms with Crippen LogP contribution in [0.3, 0.4) is 0 Å². The van der Waals surface area contributed by atoms with Gasteiger partial charge in [0.05, 0.1) is 5.54 Å². The van der Waals surface area contributed by atoms with Crippen molar-refractivity contribution in [1.82, 2.24) is 5.32 Å². The fraction of sp³-hybridized carbons (Fsp3) is 0.294. The Hall–Kier alpha value is -1.60. The number of rotatable bonds is 5. The summed E-state index contributed by atoms with van der Waals surface area (Å²) in [5.41, 5.74) is 2.51. The van der Waals surface area contributed by atoms with Crippen molar-refractivity contribution in [3.63, 3.8) is 0 Å². The molecule has 0 saturated heterocycles. The molecule has 0 aliphatic heterocycles. The smallest absolute Gasteiger partial charge is 0.0661 e. The summed E-state index contributed by atoms with van der Waals surface area (Å²) in [6.45, 7) is 5.47. The van der Waals surface area contributed by atoms with E-state index in [4.69, 9.17) is 0 Å². The first-order chi connectivity index (χ1) is 8.77. The molecule has 0 aromatic heterocycles. The molecule has 2 aromatic rings. The molecule has 0 saturated carbocycles. The van der Waals surface area contributed by atoms with E-state index in [1.165, 1.54) is 11.1 Å². The Balaban J connectivity index is 2.41. The van der Waals surface area contributed by atoms with E-state index in [1.807, 2.05) is 0 Å². The van der Waals surface area contributed by atoms with Crippen molar-refractivity contribution in [1.29, 1.82) is 0 Å². The quantitative estimate of drug-likeness (QED) is 0.833. The predicted molar refractivity (Wildman–Crippen MR) is 77.6 cm³/mol. The van der Waals surface area contributed by atoms with Gasteiger partial charge in [-0.15, -0.1) is 0 Å². The van der Waals surface area contributed by atoms with Gasteiger partial charge >= 0.3 is 0 Å². The standard InChI is InChI=1S/C17H21N/c1-3-14-18-17(2,15-10-6-4-7-11-15)16-12-8-5-9-13-16/h4-13,18H,3,14H2,1-2H3. The van der Waals surface area contributed by atoms with Crippen LogP contribution in [0, 0.1) is 0 Å². The van der Waals surface area contributed by atoms with Gasteiger partial charge in [-0.1, -0.05) is 67.6 Å². The van der Waals surface area contributed by atoms with Crippen molar-refractivity contribution >= 4 is 0 Å². The van der Waals surface area contributed by atoms with Crippen LogP contribution in [-0.4, -0.2) is 6.54 Å². The third-order valence-electron chi connectivity index (χ3n) is 3.43. The fourth-order valence-electron chi connectivity index (χ4n) is 2.29. The third-order valence-corrected chi connectivity index (χ3v) is 3.43. The van der Waals surface area contributed by atoms with Gasteiger partial charge in [0.2, 0.25) is 0 Å². The average molecular weight is 239 g/mol. The van der Waals surface area contributed by atoms with Gasteiger partial charge in [0.25, 0.3) is 0 Å². The summed E-state index contributed by atoms with van der Waals surface area (Å²) in [7, 11) is 0. The van der Waals surface area contributed by atoms with Crippen LogP contribution in [0.4, 0.5) is 0 Å². The minimum Gasteiger partial charge on any atom is -0.304 e. The highest BCUT2D eigenvalue weighted by Gasteiger charge is 2.27. The molecular formula is C17H21N. The molecule has 18 heavy (non-hydrogen) atoms. The maximum Gasteiger partial charge on any atom is 0.0661 e. The maximum absolute atomic E-state index is 3.68. The lowest BCUT2D eigenvalue weighted by Crippen LogP contribution is -2.41. The van der Waals surface area contributed by atoms with Crippen LogP contribution in [0.15, 0.2) is 60.7 Å². The molecular weight excluding hydrogens is 218 g/mol. The number of hydrogen-bond acceptors (Lipinski definition) is 1. The Bertz CT molecular complexity index is 422. The summed E-state index contributed by atoms with van der Waals surface area (Å²) in [5.74, 6) is 0. The molecule has 2 rings (SSSR count). The topological polar surface area (TPSA) is 12.0 Å². The second kappa shape index (κ2) is 5.83. The zero-order valence-electron chi connectivity index (χ0n) is 11.2. The second-order valence-corrected chi connectivity index (χ2v) is 4.78. The van der Waals surface area contributed by atoms with Crippen LogP contribution in [-0.2, 0) is 5.54 Å². The molecule has 0 aliphatic rings. The van der Waals surface area contributed by atoms with Gasteiger partial charge in [-0.2, -0.15) is 0 Å². The van der Waals surface area contributed by atoms with Gasteiger partial charge in [-0.25, -0.2) is 0 Å². The molecule has 0 spiro atoms. The molecule has 94 valence electrons. The predicted octanol–water partition coefficient (Wildman–Crippen LogP) is 3.95. The molecule has 1 nitrogen and oxygen atoms in total. The van der Waals surface area contributed by atoms with Crippen molar-refractivity contribution in [2.45, 2.75) is 25.8 Å². The van der Waals surface area contributed by atoms with Crippen LogP contribution in [0.25, 0.3) is 0 Å². The van der Waals surface area contributed by atoms with Crippen molar-refractivity contribution in [2.24, 2.45) is 0 Å². The van der Waals surface area contributed by atoms with Crippen LogP contribution in [0.1, 0.15) is 31.4 Å². The van der Waals surface area contributed by atoms with E-state index in [1.54, 1.807) is 0 Å². The number of hydrogen-bond donors (Lipinski definition) is 1. The highest BCUT2D eigenvalue weighted by Crippen LogP contribution is 2.28. The van der Waals surface area contributed by atoms with Crippen LogP contribution in [0.2, 0.25) is 0 Å². The van der Waals surface area contributed by atoms with Gasteiger partial charge in [0.1, 0.15) is 0 Å². The first kappa shape index (κ1) is 12.8. The van der Waals surface area contributed by atoms with E-state index in [9.17, 15) is 0 Å². The van der Waals surface area contributed by atoms with Gasteiger partial charge in [-0.05, 0) is 31.0 Å². The van der Waals surface area contributed by atoms with Crippen molar-refractivity contribution in [2.75, 3.05) is 6.54 Å². The van der Waals surface area contributed by atoms with Gasteiger partial charge in [0.15, 0.2) is 0 Å². The minimum atomic E-state index is -0.113. The lowest BCUT2D eigenvalue weighted by Gasteiger charge is -2.32. The number of nitrogens with one attached hydrogen (secondary N) is 1. The first-order valence-corrected chi connectivity index (χ1v) is 6.63. The molecule has 0 heterocycles. The van der Waals surface area contributed by atoms with E-state index in [0.29, 0.717) is 0 Å². The summed E-state index contributed by atoms with van der Waals surface area (Å²) in [4.78, 5) is 0. The summed E-state index contributed by atoms with van der Waals surface area (Å²) in [6.07, 6.45) is 1.13. The van der Waals surface area contributed by atoms with Crippen molar-refractivity contribution < 1.29 is 0 Å². The Morgan fingerprint density at radius 3 is 1.67 bits per heavy atom. The van der Waals surface area contributed by atoms with Crippen molar-refractivity contribution in [3.05, 3.63) is 71.8 Å². The third kappa shape index (κ3) is 2.62. The minimum absolute atomic E-state index is 0.113. The van der Waals surface area contributed by atoms with Gasteiger partial charge in [0, 0.05) is 0 Å². The summed E-state index contributed by atoms with van der Waals surface area (Å²) in [5, 5.41) is 3.68. The van der Waals surface area contributed by atoms with Crippen LogP contribution in [0.5, 0.6) is 0 Å². The lowest BCUT2D eigenvalue weighted by atomic mass is 9.84. The Morgan fingerprint density at radius 2 is 1.28 bits per heavy atom. The highest BCUT2D eigenvalue weighted by atomic mass is 15.0. The average Bonchev–Trinajstić information content (AvgIpc) is 2.46. The monoisotopic (exact) mass is 239 g/mol. The summed E-state index contributed by atoms with van der Waals surface area (Å²) >= 11 is 0. The SMILES string of the molecule is CCCNC(C)(c1ccccc1)c1ccccc1. The van der Waals surface area contributed by atoms with Gasteiger partial charge < -0.3 is 5.32 Å². The van der Waals surface area contributed by atoms with Crippen LogP contribution >= 0.6 is 0 Å². The zero-order valence-corrected chi connectivity index (χ0v) is 11.2. The Labute approximate surface area is 110 Å². The van der Waals surface area contributed by atoms with E-state index in [2.05, 4.69) is 79.8 Å². The molecule has 0 unspecified atom stereocenters. The van der Waals surface area contributed by atoms with E-state index >= 15 is 0 Å². The second-order valence-electron chi connectivity index (χ2n) is 4.78. The Kier molecular flexibility index (Phi) is 4.16. The molecule has 0 fully saturated rings. The summed E-state index contributed by atoms with van der Waals surface area (Å²) < 4.78 is 0. The molecule has 2 aromatic carbocycles. The molecule has 1 N–H and O–H groups in total. The Morgan fingerprint density at radius 1 is 0.833 bits per heavy atom. The molecule has 0 amide bonds. The zero-order chi connectivity index (χ0) is 12.8.